The summed E-state index contributed by atoms with van der Waals surface area (Å²) in [6, 6.07) is 4.01. The maximum atomic E-state index is 5.61. The van der Waals surface area contributed by atoms with E-state index in [-0.39, 0.29) is 0 Å². The molecule has 0 amide bonds. The van der Waals surface area contributed by atoms with Crippen molar-refractivity contribution in [3.63, 3.8) is 0 Å². The third-order valence-corrected chi connectivity index (χ3v) is 2.04. The van der Waals surface area contributed by atoms with Crippen LogP contribution in [0.25, 0.3) is 5.70 Å². The van der Waals surface area contributed by atoms with Gasteiger partial charge in [-0.2, -0.15) is 0 Å². The van der Waals surface area contributed by atoms with E-state index in [1.165, 1.54) is 0 Å². The number of hydrogen-bond donors (Lipinski definition) is 1. The van der Waals surface area contributed by atoms with Crippen LogP contribution in [0.1, 0.15) is 11.8 Å². The molecule has 0 aromatic carbocycles. The lowest BCUT2D eigenvalue weighted by molar-refractivity contribution is 1.56. The molecule has 0 saturated carbocycles. The highest BCUT2D eigenvalue weighted by molar-refractivity contribution is 7.11. The van der Waals surface area contributed by atoms with Crippen molar-refractivity contribution in [2.45, 2.75) is 6.92 Å². The summed E-state index contributed by atoms with van der Waals surface area (Å²) < 4.78 is 0. The lowest BCUT2D eigenvalue weighted by Gasteiger charge is -1.91. The van der Waals surface area contributed by atoms with Gasteiger partial charge >= 0.3 is 0 Å². The van der Waals surface area contributed by atoms with Crippen LogP contribution in [0.5, 0.6) is 0 Å². The first-order valence-corrected chi connectivity index (χ1v) is 3.68. The minimum atomic E-state index is 0.866. The van der Waals surface area contributed by atoms with E-state index in [0.717, 1.165) is 10.6 Å². The zero-order valence-electron chi connectivity index (χ0n) is 5.29. The molecule has 1 heterocycles. The van der Waals surface area contributed by atoms with Crippen LogP contribution in [0.15, 0.2) is 23.6 Å². The summed E-state index contributed by atoms with van der Waals surface area (Å²) in [4.78, 5) is 1.15. The van der Waals surface area contributed by atoms with Crippen LogP contribution < -0.4 is 5.73 Å². The van der Waals surface area contributed by atoms with Gasteiger partial charge in [0.15, 0.2) is 0 Å². The quantitative estimate of drug-likeness (QED) is 0.633. The predicted octanol–water partition coefficient (Wildman–Crippen LogP) is 2.07. The Morgan fingerprint density at radius 1 is 1.78 bits per heavy atom. The lowest BCUT2D eigenvalue weighted by Crippen LogP contribution is -1.90. The van der Waals surface area contributed by atoms with Crippen molar-refractivity contribution in [1.82, 2.24) is 0 Å². The Bertz CT molecular complexity index is 199. The van der Waals surface area contributed by atoms with E-state index in [9.17, 15) is 0 Å². The maximum absolute atomic E-state index is 5.61. The topological polar surface area (TPSA) is 26.0 Å². The molecule has 0 radical (unpaired) electrons. The summed E-state index contributed by atoms with van der Waals surface area (Å²) in [6.45, 7) is 1.94. The van der Waals surface area contributed by atoms with Crippen molar-refractivity contribution in [2.24, 2.45) is 5.73 Å². The fraction of sp³-hybridized carbons (Fsp3) is 0.143. The van der Waals surface area contributed by atoms with Crippen LogP contribution in [0.2, 0.25) is 0 Å². The van der Waals surface area contributed by atoms with Crippen LogP contribution in [0.4, 0.5) is 0 Å². The van der Waals surface area contributed by atoms with Gasteiger partial charge in [0.2, 0.25) is 0 Å². The summed E-state index contributed by atoms with van der Waals surface area (Å²) in [5, 5.41) is 2.02. The average Bonchev–Trinajstić information content (AvgIpc) is 2.37. The number of rotatable bonds is 1. The van der Waals surface area contributed by atoms with Gasteiger partial charge < -0.3 is 5.73 Å². The SMILES string of the molecule is CC=C(N)c1cccs1. The third-order valence-electron chi connectivity index (χ3n) is 1.12. The molecule has 9 heavy (non-hydrogen) atoms. The fourth-order valence-electron chi connectivity index (χ4n) is 0.585. The predicted molar refractivity (Wildman–Crippen MR) is 42.2 cm³/mol. The highest BCUT2D eigenvalue weighted by Crippen LogP contribution is 2.14. The first-order valence-electron chi connectivity index (χ1n) is 2.80. The Morgan fingerprint density at radius 2 is 2.56 bits per heavy atom. The van der Waals surface area contributed by atoms with Gasteiger partial charge in [-0.1, -0.05) is 12.1 Å². The molecular weight excluding hydrogens is 130 g/mol. The van der Waals surface area contributed by atoms with Crippen molar-refractivity contribution in [3.8, 4) is 0 Å². The average molecular weight is 139 g/mol. The van der Waals surface area contributed by atoms with Gasteiger partial charge in [-0.3, -0.25) is 0 Å². The molecule has 0 aliphatic rings. The molecule has 2 heteroatoms. The molecule has 0 aliphatic carbocycles. The second-order valence-electron chi connectivity index (χ2n) is 1.72. The summed E-state index contributed by atoms with van der Waals surface area (Å²) in [5.74, 6) is 0. The van der Waals surface area contributed by atoms with E-state index in [0.29, 0.717) is 0 Å². The maximum Gasteiger partial charge on any atom is 0.0496 e. The second kappa shape index (κ2) is 2.69. The third kappa shape index (κ3) is 1.33. The van der Waals surface area contributed by atoms with Gasteiger partial charge in [0.1, 0.15) is 0 Å². The van der Waals surface area contributed by atoms with Crippen LogP contribution >= 0.6 is 11.3 Å². The van der Waals surface area contributed by atoms with Crippen molar-refractivity contribution < 1.29 is 0 Å². The molecule has 0 bridgehead atoms. The van der Waals surface area contributed by atoms with Gasteiger partial charge in [0.25, 0.3) is 0 Å². The Kier molecular flexibility index (Phi) is 1.90. The number of hydrogen-bond acceptors (Lipinski definition) is 2. The molecule has 0 atom stereocenters. The minimum Gasteiger partial charge on any atom is -0.398 e. The van der Waals surface area contributed by atoms with Gasteiger partial charge in [-0.25, -0.2) is 0 Å². The first kappa shape index (κ1) is 6.36. The van der Waals surface area contributed by atoms with E-state index in [1.807, 2.05) is 30.5 Å². The normalized spacial score (nSPS) is 11.9. The Hall–Kier alpha value is -0.760. The van der Waals surface area contributed by atoms with E-state index >= 15 is 0 Å². The van der Waals surface area contributed by atoms with Crippen LogP contribution in [0, 0.1) is 0 Å². The highest BCUT2D eigenvalue weighted by Gasteiger charge is 1.92. The summed E-state index contributed by atoms with van der Waals surface area (Å²) in [7, 11) is 0. The van der Waals surface area contributed by atoms with Crippen molar-refractivity contribution in [2.75, 3.05) is 0 Å². The molecule has 1 aromatic rings. The van der Waals surface area contributed by atoms with Crippen LogP contribution in [-0.2, 0) is 0 Å². The number of allylic oxidation sites excluding steroid dienone is 1. The molecule has 1 rings (SSSR count). The van der Waals surface area contributed by atoms with Gasteiger partial charge in [0.05, 0.1) is 0 Å². The molecule has 1 aromatic heterocycles. The second-order valence-corrected chi connectivity index (χ2v) is 2.67. The fourth-order valence-corrected chi connectivity index (χ4v) is 1.30. The van der Waals surface area contributed by atoms with E-state index < -0.39 is 0 Å². The van der Waals surface area contributed by atoms with Crippen LogP contribution in [-0.4, -0.2) is 0 Å². The highest BCUT2D eigenvalue weighted by atomic mass is 32.1. The monoisotopic (exact) mass is 139 g/mol. The molecule has 0 saturated heterocycles. The Balaban J connectivity index is 2.90. The molecule has 0 unspecified atom stereocenters. The van der Waals surface area contributed by atoms with E-state index in [2.05, 4.69) is 0 Å². The molecular formula is C7H9NS. The largest absolute Gasteiger partial charge is 0.398 e. The lowest BCUT2D eigenvalue weighted by atomic mass is 10.3. The molecule has 0 aliphatic heterocycles. The van der Waals surface area contributed by atoms with Crippen molar-refractivity contribution in [3.05, 3.63) is 28.5 Å². The standard InChI is InChI=1S/C7H9NS/c1-2-6(8)7-4-3-5-9-7/h2-5H,8H2,1H3. The zero-order valence-corrected chi connectivity index (χ0v) is 6.11. The molecule has 1 nitrogen and oxygen atoms in total. The Labute approximate surface area is 58.8 Å². The smallest absolute Gasteiger partial charge is 0.0496 e. The van der Waals surface area contributed by atoms with Gasteiger partial charge in [-0.05, 0) is 18.4 Å². The van der Waals surface area contributed by atoms with Crippen LogP contribution in [0.3, 0.4) is 0 Å². The molecule has 2 N–H and O–H groups in total. The first-order chi connectivity index (χ1) is 4.34. The summed E-state index contributed by atoms with van der Waals surface area (Å²) in [6.07, 6.45) is 1.91. The van der Waals surface area contributed by atoms with Gasteiger partial charge in [0, 0.05) is 10.6 Å². The van der Waals surface area contributed by atoms with E-state index in [4.69, 9.17) is 5.73 Å². The number of nitrogens with two attached hydrogens (primary N) is 1. The Morgan fingerprint density at radius 3 is 3.00 bits per heavy atom. The zero-order chi connectivity index (χ0) is 6.69. The van der Waals surface area contributed by atoms with Gasteiger partial charge in [-0.15, -0.1) is 11.3 Å². The van der Waals surface area contributed by atoms with E-state index in [1.54, 1.807) is 11.3 Å². The summed E-state index contributed by atoms with van der Waals surface area (Å²) >= 11 is 1.66. The molecule has 48 valence electrons. The molecule has 0 spiro atoms. The van der Waals surface area contributed by atoms with Crippen molar-refractivity contribution >= 4 is 17.0 Å². The number of thiophene rings is 1. The molecule has 0 fully saturated rings. The minimum absolute atomic E-state index is 0.866. The van der Waals surface area contributed by atoms with Crippen molar-refractivity contribution in [1.29, 1.82) is 0 Å². The summed E-state index contributed by atoms with van der Waals surface area (Å²) in [5.41, 5.74) is 6.48.